The fraction of sp³-hybridized carbons (Fsp3) is 0.333. The first-order valence-electron chi connectivity index (χ1n) is 4.86. The molecule has 0 aliphatic heterocycles. The number of amides is 1. The third-order valence-corrected chi connectivity index (χ3v) is 2.14. The molecule has 3 heteroatoms. The van der Waals surface area contributed by atoms with Crippen LogP contribution in [0.2, 0.25) is 0 Å². The van der Waals surface area contributed by atoms with E-state index in [4.69, 9.17) is 5.26 Å². The van der Waals surface area contributed by atoms with Crippen LogP contribution in [0.3, 0.4) is 0 Å². The highest BCUT2D eigenvalue weighted by Gasteiger charge is 2.06. The summed E-state index contributed by atoms with van der Waals surface area (Å²) in [6, 6.07) is 7.60. The summed E-state index contributed by atoms with van der Waals surface area (Å²) >= 11 is 0. The van der Waals surface area contributed by atoms with E-state index in [0.29, 0.717) is 17.2 Å². The summed E-state index contributed by atoms with van der Waals surface area (Å²) in [6.07, 6.45) is 0. The molecule has 0 radical (unpaired) electrons. The maximum absolute atomic E-state index is 10.9. The molecule has 0 spiro atoms. The number of carbonyl (C=O) groups excluding carboxylic acids is 1. The Bertz CT molecular complexity index is 416. The van der Waals surface area contributed by atoms with Crippen LogP contribution in [0.15, 0.2) is 18.2 Å². The largest absolute Gasteiger partial charge is 0.325 e. The topological polar surface area (TPSA) is 52.9 Å². The molecule has 0 aliphatic carbocycles. The normalized spacial score (nSPS) is 9.80. The summed E-state index contributed by atoms with van der Waals surface area (Å²) in [5.74, 6) is 0.215. The molecule has 0 aliphatic rings. The molecule has 0 heterocycles. The highest BCUT2D eigenvalue weighted by molar-refractivity contribution is 5.90. The van der Waals surface area contributed by atoms with Crippen molar-refractivity contribution in [3.8, 4) is 6.07 Å². The number of benzene rings is 1. The number of nitriles is 1. The fourth-order valence-electron chi connectivity index (χ4n) is 1.31. The lowest BCUT2D eigenvalue weighted by Crippen LogP contribution is -2.07. The minimum Gasteiger partial charge on any atom is -0.325 e. The summed E-state index contributed by atoms with van der Waals surface area (Å²) < 4.78 is 0. The molecule has 0 saturated carbocycles. The molecule has 0 bridgehead atoms. The number of anilines is 1. The molecule has 0 fully saturated rings. The van der Waals surface area contributed by atoms with Crippen molar-refractivity contribution in [3.63, 3.8) is 0 Å². The van der Waals surface area contributed by atoms with Gasteiger partial charge in [-0.1, -0.05) is 19.9 Å². The molecule has 1 amide bonds. The number of rotatable bonds is 2. The standard InChI is InChI=1S/C12H14N2O/c1-8(2)10-4-5-12(14-9(3)15)11(6-10)7-13/h4-6,8H,1-3H3,(H,14,15). The van der Waals surface area contributed by atoms with Gasteiger partial charge in [-0.3, -0.25) is 4.79 Å². The van der Waals surface area contributed by atoms with Crippen LogP contribution in [0.25, 0.3) is 0 Å². The van der Waals surface area contributed by atoms with Gasteiger partial charge in [0, 0.05) is 6.92 Å². The number of nitrogens with one attached hydrogen (secondary N) is 1. The van der Waals surface area contributed by atoms with Crippen LogP contribution >= 0.6 is 0 Å². The smallest absolute Gasteiger partial charge is 0.221 e. The van der Waals surface area contributed by atoms with Gasteiger partial charge in [0.1, 0.15) is 6.07 Å². The van der Waals surface area contributed by atoms with Gasteiger partial charge in [-0.05, 0) is 23.6 Å². The van der Waals surface area contributed by atoms with Gasteiger partial charge in [0.15, 0.2) is 0 Å². The highest BCUT2D eigenvalue weighted by atomic mass is 16.1. The molecule has 15 heavy (non-hydrogen) atoms. The lowest BCUT2D eigenvalue weighted by atomic mass is 10.00. The summed E-state index contributed by atoms with van der Waals surface area (Å²) in [5.41, 5.74) is 2.19. The lowest BCUT2D eigenvalue weighted by Gasteiger charge is -2.09. The Balaban J connectivity index is 3.10. The second kappa shape index (κ2) is 4.61. The quantitative estimate of drug-likeness (QED) is 0.801. The van der Waals surface area contributed by atoms with E-state index in [2.05, 4.69) is 25.2 Å². The third-order valence-electron chi connectivity index (χ3n) is 2.14. The van der Waals surface area contributed by atoms with E-state index in [-0.39, 0.29) is 5.91 Å². The number of nitrogens with zero attached hydrogens (tertiary/aromatic N) is 1. The second-order valence-corrected chi connectivity index (χ2v) is 3.75. The van der Waals surface area contributed by atoms with Crippen molar-refractivity contribution in [1.29, 1.82) is 5.26 Å². The fourth-order valence-corrected chi connectivity index (χ4v) is 1.31. The van der Waals surface area contributed by atoms with Gasteiger partial charge in [0.05, 0.1) is 11.3 Å². The van der Waals surface area contributed by atoms with Gasteiger partial charge in [-0.25, -0.2) is 0 Å². The summed E-state index contributed by atoms with van der Waals surface area (Å²) in [7, 11) is 0. The Morgan fingerprint density at radius 3 is 2.60 bits per heavy atom. The zero-order chi connectivity index (χ0) is 11.4. The minimum atomic E-state index is -0.163. The van der Waals surface area contributed by atoms with E-state index >= 15 is 0 Å². The molecule has 0 saturated heterocycles. The zero-order valence-corrected chi connectivity index (χ0v) is 9.16. The van der Waals surface area contributed by atoms with Gasteiger partial charge >= 0.3 is 0 Å². The van der Waals surface area contributed by atoms with Crippen LogP contribution in [-0.2, 0) is 4.79 Å². The molecule has 78 valence electrons. The predicted octanol–water partition coefficient (Wildman–Crippen LogP) is 2.64. The van der Waals surface area contributed by atoms with Gasteiger partial charge in [-0.2, -0.15) is 5.26 Å². The van der Waals surface area contributed by atoms with Gasteiger partial charge < -0.3 is 5.32 Å². The Labute approximate surface area is 89.7 Å². The number of hydrogen-bond donors (Lipinski definition) is 1. The molecule has 0 atom stereocenters. The predicted molar refractivity (Wildman–Crippen MR) is 59.5 cm³/mol. The second-order valence-electron chi connectivity index (χ2n) is 3.75. The van der Waals surface area contributed by atoms with Crippen LogP contribution in [0.1, 0.15) is 37.8 Å². The van der Waals surface area contributed by atoms with E-state index in [1.54, 1.807) is 6.07 Å². The molecular formula is C12H14N2O. The average molecular weight is 202 g/mol. The van der Waals surface area contributed by atoms with Crippen LogP contribution in [0.4, 0.5) is 5.69 Å². The van der Waals surface area contributed by atoms with E-state index in [0.717, 1.165) is 5.56 Å². The molecule has 1 aromatic rings. The first-order chi connectivity index (χ1) is 7.04. The average Bonchev–Trinajstić information content (AvgIpc) is 2.17. The van der Waals surface area contributed by atoms with Crippen molar-refractivity contribution in [2.45, 2.75) is 26.7 Å². The van der Waals surface area contributed by atoms with Crippen LogP contribution in [0, 0.1) is 11.3 Å². The van der Waals surface area contributed by atoms with E-state index in [9.17, 15) is 4.79 Å². The molecular weight excluding hydrogens is 188 g/mol. The maximum atomic E-state index is 10.9. The summed E-state index contributed by atoms with van der Waals surface area (Å²) in [6.45, 7) is 5.56. The van der Waals surface area contributed by atoms with E-state index in [1.807, 2.05) is 12.1 Å². The summed E-state index contributed by atoms with van der Waals surface area (Å²) in [5, 5.41) is 11.6. The Morgan fingerprint density at radius 1 is 1.47 bits per heavy atom. The highest BCUT2D eigenvalue weighted by Crippen LogP contribution is 2.21. The number of hydrogen-bond acceptors (Lipinski definition) is 2. The molecule has 3 nitrogen and oxygen atoms in total. The third kappa shape index (κ3) is 2.81. The Kier molecular flexibility index (Phi) is 3.46. The zero-order valence-electron chi connectivity index (χ0n) is 9.16. The molecule has 0 unspecified atom stereocenters. The van der Waals surface area contributed by atoms with Crippen molar-refractivity contribution in [2.24, 2.45) is 0 Å². The number of carbonyl (C=O) groups is 1. The molecule has 1 N–H and O–H groups in total. The monoisotopic (exact) mass is 202 g/mol. The Morgan fingerprint density at radius 2 is 2.13 bits per heavy atom. The van der Waals surface area contributed by atoms with Crippen LogP contribution < -0.4 is 5.32 Å². The first kappa shape index (κ1) is 11.3. The van der Waals surface area contributed by atoms with Crippen molar-refractivity contribution >= 4 is 11.6 Å². The first-order valence-corrected chi connectivity index (χ1v) is 4.86. The van der Waals surface area contributed by atoms with Crippen LogP contribution in [-0.4, -0.2) is 5.91 Å². The maximum Gasteiger partial charge on any atom is 0.221 e. The minimum absolute atomic E-state index is 0.163. The Hall–Kier alpha value is -1.82. The van der Waals surface area contributed by atoms with Gasteiger partial charge in [0.2, 0.25) is 5.91 Å². The molecule has 1 aromatic carbocycles. The van der Waals surface area contributed by atoms with Gasteiger partial charge in [0.25, 0.3) is 0 Å². The van der Waals surface area contributed by atoms with E-state index < -0.39 is 0 Å². The van der Waals surface area contributed by atoms with Gasteiger partial charge in [-0.15, -0.1) is 0 Å². The molecule has 0 aromatic heterocycles. The van der Waals surface area contributed by atoms with Crippen molar-refractivity contribution in [1.82, 2.24) is 0 Å². The van der Waals surface area contributed by atoms with E-state index in [1.165, 1.54) is 6.92 Å². The summed E-state index contributed by atoms with van der Waals surface area (Å²) in [4.78, 5) is 10.9. The van der Waals surface area contributed by atoms with Crippen molar-refractivity contribution < 1.29 is 4.79 Å². The lowest BCUT2D eigenvalue weighted by molar-refractivity contribution is -0.114. The van der Waals surface area contributed by atoms with Crippen molar-refractivity contribution in [3.05, 3.63) is 29.3 Å². The van der Waals surface area contributed by atoms with Crippen LogP contribution in [0.5, 0.6) is 0 Å². The SMILES string of the molecule is CC(=O)Nc1ccc(C(C)C)cc1C#N. The molecule has 1 rings (SSSR count). The van der Waals surface area contributed by atoms with Crippen molar-refractivity contribution in [2.75, 3.05) is 5.32 Å².